The van der Waals surface area contributed by atoms with E-state index in [0.29, 0.717) is 4.68 Å². The Labute approximate surface area is 284 Å². The quantitative estimate of drug-likeness (QED) is 0.0615. The third-order valence-corrected chi connectivity index (χ3v) is 8.95. The van der Waals surface area contributed by atoms with Gasteiger partial charge < -0.3 is 20.1 Å². The van der Waals surface area contributed by atoms with Gasteiger partial charge in [-0.05, 0) is 42.5 Å². The van der Waals surface area contributed by atoms with Gasteiger partial charge in [-0.25, -0.2) is 13.7 Å². The standard InChI is InChI=1S/C25H26FN9O12S3/c1-34(9-12-48(39)47-11-10-46-2)25-29-23(26)28-24(30-25)27-14-3-8-17(18(13-14)50(43,44)45)31-32-19-20(22(37)38)33-35(21(19)36)15-4-6-16(7-5-15)49(40,41)42/h3-8,13,33H,9-12H2,1-2H3,(H,37,38)(H,40,41,42)(H,43,44,45)(H,27,28,29,30). The van der Waals surface area contributed by atoms with Crippen LogP contribution >= 0.6 is 0 Å². The molecule has 0 aliphatic carbocycles. The highest BCUT2D eigenvalue weighted by molar-refractivity contribution is 7.86. The highest BCUT2D eigenvalue weighted by Crippen LogP contribution is 2.30. The maximum Gasteiger partial charge on any atom is 0.356 e. The number of aromatic amines is 1. The second kappa shape index (κ2) is 15.7. The highest BCUT2D eigenvalue weighted by atomic mass is 32.2. The number of aromatic carboxylic acids is 1. The van der Waals surface area contributed by atoms with Gasteiger partial charge in [-0.15, -0.1) is 10.2 Å². The summed E-state index contributed by atoms with van der Waals surface area (Å²) in [4.78, 5) is 36.0. The Morgan fingerprint density at radius 1 is 1.06 bits per heavy atom. The predicted molar refractivity (Wildman–Crippen MR) is 171 cm³/mol. The number of rotatable bonds is 16. The Morgan fingerprint density at radius 2 is 1.76 bits per heavy atom. The van der Waals surface area contributed by atoms with E-state index >= 15 is 0 Å². The summed E-state index contributed by atoms with van der Waals surface area (Å²) in [6.45, 7) is 0.408. The first-order valence-electron chi connectivity index (χ1n) is 13.6. The van der Waals surface area contributed by atoms with E-state index in [1.54, 1.807) is 0 Å². The van der Waals surface area contributed by atoms with Crippen molar-refractivity contribution in [3.8, 4) is 5.69 Å². The van der Waals surface area contributed by atoms with Crippen molar-refractivity contribution in [3.63, 3.8) is 0 Å². The number of methoxy groups -OCH3 is 1. The molecule has 0 aliphatic rings. The van der Waals surface area contributed by atoms with E-state index in [2.05, 4.69) is 35.6 Å². The molecule has 25 heteroatoms. The van der Waals surface area contributed by atoms with Crippen LogP contribution in [0.1, 0.15) is 10.5 Å². The second-order valence-electron chi connectivity index (χ2n) is 9.70. The lowest BCUT2D eigenvalue weighted by molar-refractivity contribution is 0.0690. The van der Waals surface area contributed by atoms with Gasteiger partial charge in [0.05, 0.1) is 29.5 Å². The molecule has 268 valence electrons. The molecule has 0 saturated heterocycles. The number of halogens is 1. The summed E-state index contributed by atoms with van der Waals surface area (Å²) >= 11 is -1.68. The van der Waals surface area contributed by atoms with Crippen LogP contribution in [0, 0.1) is 6.08 Å². The maximum absolute atomic E-state index is 14.3. The molecule has 0 aliphatic heterocycles. The van der Waals surface area contributed by atoms with E-state index in [9.17, 15) is 44.7 Å². The van der Waals surface area contributed by atoms with Crippen molar-refractivity contribution in [2.75, 3.05) is 49.9 Å². The van der Waals surface area contributed by atoms with Crippen LogP contribution in [0.4, 0.5) is 33.3 Å². The van der Waals surface area contributed by atoms with Crippen molar-refractivity contribution in [3.05, 3.63) is 64.6 Å². The zero-order chi connectivity index (χ0) is 36.8. The Morgan fingerprint density at radius 3 is 2.38 bits per heavy atom. The fourth-order valence-electron chi connectivity index (χ4n) is 3.88. The lowest BCUT2D eigenvalue weighted by atomic mass is 10.3. The van der Waals surface area contributed by atoms with Crippen LogP contribution < -0.4 is 15.8 Å². The topological polar surface area (TPSA) is 298 Å². The minimum absolute atomic E-state index is 0.0126. The van der Waals surface area contributed by atoms with Crippen LogP contribution in [-0.2, 0) is 40.2 Å². The monoisotopic (exact) mass is 759 g/mol. The summed E-state index contributed by atoms with van der Waals surface area (Å²) in [6.07, 6.45) is -1.22. The molecule has 5 N–H and O–H groups in total. The number of hydrogen-bond acceptors (Lipinski definition) is 16. The largest absolute Gasteiger partial charge is 0.476 e. The molecule has 50 heavy (non-hydrogen) atoms. The minimum Gasteiger partial charge on any atom is -0.476 e. The average Bonchev–Trinajstić information content (AvgIpc) is 3.38. The van der Waals surface area contributed by atoms with Gasteiger partial charge >= 0.3 is 12.0 Å². The van der Waals surface area contributed by atoms with E-state index in [1.165, 1.54) is 25.1 Å². The summed E-state index contributed by atoms with van der Waals surface area (Å²) in [5, 5.41) is 21.7. The predicted octanol–water partition coefficient (Wildman–Crippen LogP) is 1.60. The summed E-state index contributed by atoms with van der Waals surface area (Å²) in [5.74, 6) is -2.23. The summed E-state index contributed by atoms with van der Waals surface area (Å²) in [5.41, 5.74) is -3.41. The van der Waals surface area contributed by atoms with Crippen molar-refractivity contribution in [1.82, 2.24) is 24.7 Å². The first-order chi connectivity index (χ1) is 23.5. The second-order valence-corrected chi connectivity index (χ2v) is 13.8. The number of azo groups is 1. The van der Waals surface area contributed by atoms with Crippen molar-refractivity contribution in [1.29, 1.82) is 0 Å². The molecule has 1 unspecified atom stereocenters. The van der Waals surface area contributed by atoms with Crippen molar-refractivity contribution >= 4 is 66.2 Å². The molecule has 2 aromatic heterocycles. The van der Waals surface area contributed by atoms with Gasteiger partial charge in [0.1, 0.15) is 10.6 Å². The Hall–Kier alpha value is -5.05. The van der Waals surface area contributed by atoms with Gasteiger partial charge in [-0.1, -0.05) is 0 Å². The molecule has 0 amide bonds. The van der Waals surface area contributed by atoms with E-state index in [-0.39, 0.29) is 42.8 Å². The van der Waals surface area contributed by atoms with E-state index < -0.39 is 81.7 Å². The number of H-pyrrole nitrogens is 1. The molecular weight excluding hydrogens is 734 g/mol. The highest BCUT2D eigenvalue weighted by Gasteiger charge is 2.23. The third kappa shape index (κ3) is 9.55. The molecule has 0 fully saturated rings. The number of hydrogen-bond donors (Lipinski definition) is 5. The average molecular weight is 760 g/mol. The molecule has 4 rings (SSSR count). The molecule has 0 bridgehead atoms. The fraction of sp³-hybridized carbons (Fsp3) is 0.240. The summed E-state index contributed by atoms with van der Waals surface area (Å²) in [7, 11) is -6.68. The first-order valence-corrected chi connectivity index (χ1v) is 17.7. The van der Waals surface area contributed by atoms with Crippen LogP contribution in [0.3, 0.4) is 0 Å². The van der Waals surface area contributed by atoms with E-state index in [1.807, 2.05) is 0 Å². The molecular formula is C25H26FN9O12S3. The number of aromatic nitrogens is 5. The van der Waals surface area contributed by atoms with Gasteiger partial charge in [-0.2, -0.15) is 36.2 Å². The molecule has 1 atom stereocenters. The molecule has 2 heterocycles. The Kier molecular flexibility index (Phi) is 11.8. The SMILES string of the molecule is COCCOS(=O)CCN(C)c1nc(F)nc(Nc2ccc(N=Nc3c(C(=O)O)[nH]n(-c4ccc(S(=O)(=O)O)cc4)c3=O)c(S(=O)(=O)O)c2)n1. The number of carboxylic acid groups (broad SMARTS) is 1. The molecule has 2 aromatic carbocycles. The number of carbonyl (C=O) groups is 1. The van der Waals surface area contributed by atoms with Crippen molar-refractivity contribution in [2.45, 2.75) is 9.79 Å². The van der Waals surface area contributed by atoms with Gasteiger partial charge in [0, 0.05) is 26.4 Å². The molecule has 4 aromatic rings. The molecule has 0 radical (unpaired) electrons. The molecule has 0 saturated carbocycles. The fourth-order valence-corrected chi connectivity index (χ4v) is 5.80. The van der Waals surface area contributed by atoms with Crippen LogP contribution in [-0.4, -0.2) is 106 Å². The number of carboxylic acids is 1. The van der Waals surface area contributed by atoms with Gasteiger partial charge in [0.15, 0.2) is 22.5 Å². The van der Waals surface area contributed by atoms with Gasteiger partial charge in [0.2, 0.25) is 11.9 Å². The number of ether oxygens (including phenoxy) is 1. The Balaban J connectivity index is 1.61. The Bertz CT molecular complexity index is 2230. The van der Waals surface area contributed by atoms with Gasteiger partial charge in [-0.3, -0.25) is 23.2 Å². The van der Waals surface area contributed by atoms with Crippen LogP contribution in [0.5, 0.6) is 0 Å². The van der Waals surface area contributed by atoms with Crippen molar-refractivity contribution < 1.29 is 53.4 Å². The molecule has 21 nitrogen and oxygen atoms in total. The van der Waals surface area contributed by atoms with Gasteiger partial charge in [0.25, 0.3) is 25.8 Å². The normalized spacial score (nSPS) is 12.7. The lowest BCUT2D eigenvalue weighted by Crippen LogP contribution is -2.26. The van der Waals surface area contributed by atoms with Crippen LogP contribution in [0.15, 0.2) is 67.3 Å². The number of anilines is 3. The van der Waals surface area contributed by atoms with E-state index in [0.717, 1.165) is 36.4 Å². The maximum atomic E-state index is 14.3. The molecule has 0 spiro atoms. The summed E-state index contributed by atoms with van der Waals surface area (Å²) < 4.78 is 103. The number of nitrogens with one attached hydrogen (secondary N) is 2. The number of benzene rings is 2. The zero-order valence-electron chi connectivity index (χ0n) is 25.6. The smallest absolute Gasteiger partial charge is 0.356 e. The number of nitrogens with zero attached hydrogens (tertiary/aromatic N) is 7. The van der Waals surface area contributed by atoms with Crippen molar-refractivity contribution in [2.24, 2.45) is 10.2 Å². The van der Waals surface area contributed by atoms with Crippen LogP contribution in [0.2, 0.25) is 0 Å². The lowest BCUT2D eigenvalue weighted by Gasteiger charge is -2.17. The van der Waals surface area contributed by atoms with E-state index in [4.69, 9.17) is 13.5 Å². The zero-order valence-corrected chi connectivity index (χ0v) is 28.1. The third-order valence-electron chi connectivity index (χ3n) is 6.26. The summed E-state index contributed by atoms with van der Waals surface area (Å²) in [6, 6.07) is 7.11. The van der Waals surface area contributed by atoms with Crippen LogP contribution in [0.25, 0.3) is 5.69 Å². The first kappa shape index (κ1) is 37.8. The minimum atomic E-state index is -5.05.